The second-order valence-corrected chi connectivity index (χ2v) is 3.87. The molecule has 0 aliphatic rings. The Morgan fingerprint density at radius 3 is 2.44 bits per heavy atom. The molecule has 0 spiro atoms. The molecule has 0 radical (unpaired) electrons. The highest BCUT2D eigenvalue weighted by molar-refractivity contribution is 5.35. The Hall–Kier alpha value is -1.27. The van der Waals surface area contributed by atoms with Gasteiger partial charge in [-0.3, -0.25) is 0 Å². The molecule has 102 valence electrons. The summed E-state index contributed by atoms with van der Waals surface area (Å²) in [5, 5.41) is 0. The van der Waals surface area contributed by atoms with Crippen LogP contribution in [0.5, 0.6) is 5.75 Å². The van der Waals surface area contributed by atoms with Crippen LogP contribution < -0.4 is 10.5 Å². The van der Waals surface area contributed by atoms with Crippen molar-refractivity contribution >= 4 is 0 Å². The molecule has 1 aromatic rings. The van der Waals surface area contributed by atoms with Crippen LogP contribution in [0.25, 0.3) is 0 Å². The van der Waals surface area contributed by atoms with Gasteiger partial charge in [-0.2, -0.15) is 13.2 Å². The van der Waals surface area contributed by atoms with Gasteiger partial charge in [-0.25, -0.2) is 0 Å². The Kier molecular flexibility index (Phi) is 4.98. The number of hydrogen-bond donors (Lipinski definition) is 1. The van der Waals surface area contributed by atoms with Gasteiger partial charge < -0.3 is 15.2 Å². The van der Waals surface area contributed by atoms with Gasteiger partial charge in [0.2, 0.25) is 0 Å². The second kappa shape index (κ2) is 6.06. The Labute approximate surface area is 104 Å². The Morgan fingerprint density at radius 2 is 1.89 bits per heavy atom. The number of para-hydroxylation sites is 1. The predicted octanol–water partition coefficient (Wildman–Crippen LogP) is 2.66. The number of rotatable bonds is 5. The maximum atomic E-state index is 12.3. The Morgan fingerprint density at radius 1 is 1.28 bits per heavy atom. The van der Waals surface area contributed by atoms with Gasteiger partial charge in [0.05, 0.1) is 19.8 Å². The van der Waals surface area contributed by atoms with Gasteiger partial charge in [-0.05, 0) is 13.0 Å². The van der Waals surface area contributed by atoms with Gasteiger partial charge in [-0.1, -0.05) is 18.2 Å². The van der Waals surface area contributed by atoms with E-state index in [1.165, 1.54) is 7.11 Å². The molecule has 1 rings (SSSR count). The molecule has 0 aliphatic heterocycles. The summed E-state index contributed by atoms with van der Waals surface area (Å²) < 4.78 is 46.6. The van der Waals surface area contributed by atoms with E-state index in [-0.39, 0.29) is 6.61 Å². The molecule has 2 unspecified atom stereocenters. The third-order valence-electron chi connectivity index (χ3n) is 2.53. The number of benzene rings is 1. The lowest BCUT2D eigenvalue weighted by Gasteiger charge is -2.20. The van der Waals surface area contributed by atoms with Crippen molar-refractivity contribution in [3.63, 3.8) is 0 Å². The third-order valence-corrected chi connectivity index (χ3v) is 2.53. The normalized spacial score (nSPS) is 15.2. The summed E-state index contributed by atoms with van der Waals surface area (Å²) in [7, 11) is 1.48. The van der Waals surface area contributed by atoms with Crippen molar-refractivity contribution in [2.24, 2.45) is 5.73 Å². The van der Waals surface area contributed by atoms with E-state index in [1.54, 1.807) is 24.3 Å². The number of methoxy groups -OCH3 is 1. The van der Waals surface area contributed by atoms with Crippen LogP contribution in [-0.2, 0) is 4.74 Å². The first kappa shape index (κ1) is 14.8. The molecule has 0 bridgehead atoms. The van der Waals surface area contributed by atoms with Crippen molar-refractivity contribution in [3.05, 3.63) is 29.8 Å². The number of hydrogen-bond acceptors (Lipinski definition) is 3. The fourth-order valence-electron chi connectivity index (χ4n) is 1.41. The summed E-state index contributed by atoms with van der Waals surface area (Å²) in [4.78, 5) is 0. The van der Waals surface area contributed by atoms with Crippen molar-refractivity contribution in [1.82, 2.24) is 0 Å². The number of halogens is 3. The van der Waals surface area contributed by atoms with Gasteiger partial charge in [0.25, 0.3) is 0 Å². The smallest absolute Gasteiger partial charge is 0.414 e. The van der Waals surface area contributed by atoms with Gasteiger partial charge >= 0.3 is 6.18 Å². The average molecular weight is 263 g/mol. The van der Waals surface area contributed by atoms with E-state index < -0.39 is 18.3 Å². The first-order valence-electron chi connectivity index (χ1n) is 5.43. The summed E-state index contributed by atoms with van der Waals surface area (Å²) in [6.45, 7) is 0.732. The first-order valence-corrected chi connectivity index (χ1v) is 5.43. The van der Waals surface area contributed by atoms with E-state index in [1.807, 2.05) is 0 Å². The molecule has 18 heavy (non-hydrogen) atoms. The van der Waals surface area contributed by atoms with Crippen LogP contribution in [0.4, 0.5) is 13.2 Å². The SMILES string of the molecule is COc1ccccc1C(N)COC(C)C(F)(F)F. The van der Waals surface area contributed by atoms with Crippen LogP contribution in [0, 0.1) is 0 Å². The molecule has 1 aromatic carbocycles. The number of nitrogens with two attached hydrogens (primary N) is 1. The fraction of sp³-hybridized carbons (Fsp3) is 0.500. The van der Waals surface area contributed by atoms with Crippen molar-refractivity contribution in [2.45, 2.75) is 25.2 Å². The van der Waals surface area contributed by atoms with Crippen LogP contribution in [0.2, 0.25) is 0 Å². The van der Waals surface area contributed by atoms with E-state index in [0.29, 0.717) is 11.3 Å². The summed E-state index contributed by atoms with van der Waals surface area (Å²) in [6, 6.07) is 6.23. The zero-order valence-corrected chi connectivity index (χ0v) is 10.2. The molecular weight excluding hydrogens is 247 g/mol. The van der Waals surface area contributed by atoms with Crippen LogP contribution >= 0.6 is 0 Å². The standard InChI is InChI=1S/C12H16F3NO2/c1-8(12(13,14)15)18-7-10(16)9-5-3-4-6-11(9)17-2/h3-6,8,10H,7,16H2,1-2H3. The van der Waals surface area contributed by atoms with Crippen LogP contribution in [0.15, 0.2) is 24.3 Å². The molecule has 0 amide bonds. The van der Waals surface area contributed by atoms with E-state index in [9.17, 15) is 13.2 Å². The van der Waals surface area contributed by atoms with E-state index in [4.69, 9.17) is 15.2 Å². The molecule has 3 nitrogen and oxygen atoms in total. The van der Waals surface area contributed by atoms with Crippen molar-refractivity contribution in [3.8, 4) is 5.75 Å². The molecule has 0 aromatic heterocycles. The zero-order valence-electron chi connectivity index (χ0n) is 10.2. The van der Waals surface area contributed by atoms with E-state index in [0.717, 1.165) is 6.92 Å². The molecule has 2 atom stereocenters. The number of ether oxygens (including phenoxy) is 2. The van der Waals surface area contributed by atoms with Gasteiger partial charge in [0.15, 0.2) is 6.10 Å². The number of alkyl halides is 3. The van der Waals surface area contributed by atoms with Gasteiger partial charge in [-0.15, -0.1) is 0 Å². The van der Waals surface area contributed by atoms with Gasteiger partial charge in [0, 0.05) is 5.56 Å². The molecule has 2 N–H and O–H groups in total. The molecule has 0 saturated carbocycles. The Balaban J connectivity index is 2.63. The Bertz CT molecular complexity index is 382. The summed E-state index contributed by atoms with van der Waals surface area (Å²) >= 11 is 0. The maximum absolute atomic E-state index is 12.3. The quantitative estimate of drug-likeness (QED) is 0.888. The fourth-order valence-corrected chi connectivity index (χ4v) is 1.41. The minimum absolute atomic E-state index is 0.221. The second-order valence-electron chi connectivity index (χ2n) is 3.87. The highest BCUT2D eigenvalue weighted by Gasteiger charge is 2.37. The highest BCUT2D eigenvalue weighted by atomic mass is 19.4. The largest absolute Gasteiger partial charge is 0.496 e. The lowest BCUT2D eigenvalue weighted by molar-refractivity contribution is -0.215. The van der Waals surface area contributed by atoms with Crippen LogP contribution in [0.1, 0.15) is 18.5 Å². The summed E-state index contributed by atoms with van der Waals surface area (Å²) in [5.74, 6) is 0.535. The topological polar surface area (TPSA) is 44.5 Å². The lowest BCUT2D eigenvalue weighted by Crippen LogP contribution is -2.31. The van der Waals surface area contributed by atoms with Gasteiger partial charge in [0.1, 0.15) is 5.75 Å². The molecular formula is C12H16F3NO2. The summed E-state index contributed by atoms with van der Waals surface area (Å²) in [6.07, 6.45) is -6.21. The van der Waals surface area contributed by atoms with E-state index >= 15 is 0 Å². The molecule has 0 heterocycles. The summed E-state index contributed by atoms with van der Waals surface area (Å²) in [5.41, 5.74) is 6.41. The highest BCUT2D eigenvalue weighted by Crippen LogP contribution is 2.26. The van der Waals surface area contributed by atoms with Crippen molar-refractivity contribution in [2.75, 3.05) is 13.7 Å². The van der Waals surface area contributed by atoms with Crippen molar-refractivity contribution in [1.29, 1.82) is 0 Å². The van der Waals surface area contributed by atoms with Crippen LogP contribution in [-0.4, -0.2) is 26.0 Å². The monoisotopic (exact) mass is 263 g/mol. The zero-order chi connectivity index (χ0) is 13.8. The van der Waals surface area contributed by atoms with E-state index in [2.05, 4.69) is 0 Å². The molecule has 0 fully saturated rings. The first-order chi connectivity index (χ1) is 8.36. The lowest BCUT2D eigenvalue weighted by atomic mass is 10.1. The predicted molar refractivity (Wildman–Crippen MR) is 61.4 cm³/mol. The third kappa shape index (κ3) is 3.89. The average Bonchev–Trinajstić information content (AvgIpc) is 2.34. The van der Waals surface area contributed by atoms with Crippen LogP contribution in [0.3, 0.4) is 0 Å². The maximum Gasteiger partial charge on any atom is 0.414 e. The van der Waals surface area contributed by atoms with Crippen molar-refractivity contribution < 1.29 is 22.6 Å². The molecule has 0 aliphatic carbocycles. The minimum atomic E-state index is -4.37. The minimum Gasteiger partial charge on any atom is -0.496 e. The molecule has 0 saturated heterocycles. The molecule has 6 heteroatoms.